The SMILES string of the molecule is CSC1N=C(C(CO)C(=O)O)C([N+](=O)[O-])=C(Oc2cc(C(=O)O)cc(C(=O)N(C)C)c2)N1N. The van der Waals surface area contributed by atoms with Crippen LogP contribution in [-0.2, 0) is 4.79 Å². The van der Waals surface area contributed by atoms with Gasteiger partial charge in [-0.1, -0.05) is 0 Å². The van der Waals surface area contributed by atoms with Gasteiger partial charge in [0.2, 0.25) is 0 Å². The van der Waals surface area contributed by atoms with Crippen LogP contribution in [0.3, 0.4) is 0 Å². The van der Waals surface area contributed by atoms with Crippen LogP contribution < -0.4 is 10.6 Å². The summed E-state index contributed by atoms with van der Waals surface area (Å²) in [7, 11) is 2.89. The first-order valence-corrected chi connectivity index (χ1v) is 10.4. The number of nitrogens with zero attached hydrogens (tertiary/aromatic N) is 4. The van der Waals surface area contributed by atoms with Crippen LogP contribution in [0.25, 0.3) is 0 Å². The lowest BCUT2D eigenvalue weighted by atomic mass is 10.0. The molecule has 0 radical (unpaired) electrons. The number of hydrazine groups is 1. The van der Waals surface area contributed by atoms with Crippen molar-refractivity contribution in [2.45, 2.75) is 5.50 Å². The lowest BCUT2D eigenvalue weighted by Crippen LogP contribution is -2.47. The van der Waals surface area contributed by atoms with E-state index >= 15 is 0 Å². The maximum atomic E-state index is 12.4. The van der Waals surface area contributed by atoms with Gasteiger partial charge in [-0.2, -0.15) is 0 Å². The van der Waals surface area contributed by atoms with Crippen molar-refractivity contribution in [2.24, 2.45) is 16.8 Å². The number of carbonyl (C=O) groups is 3. The Hall–Kier alpha value is -3.69. The molecule has 1 amide bonds. The van der Waals surface area contributed by atoms with Gasteiger partial charge in [0.1, 0.15) is 17.4 Å². The first-order valence-electron chi connectivity index (χ1n) is 9.07. The summed E-state index contributed by atoms with van der Waals surface area (Å²) in [6, 6.07) is 3.28. The predicted octanol–water partition coefficient (Wildman–Crippen LogP) is -0.119. The standard InChI is InChI=1S/C18H21N5O9S/c1-21(2)14(25)8-4-9(16(26)27)6-10(5-8)32-15-13(23(30)31)12(11(7-24)17(28)29)20-18(33-3)22(15)19/h4-6,11,18,24H,7,19H2,1-3H3,(H,26,27)(H,28,29). The Labute approximate surface area is 191 Å². The van der Waals surface area contributed by atoms with Crippen LogP contribution in [0.4, 0.5) is 0 Å². The molecule has 0 saturated heterocycles. The fourth-order valence-electron chi connectivity index (χ4n) is 2.82. The minimum atomic E-state index is -1.75. The van der Waals surface area contributed by atoms with Crippen LogP contribution in [0.1, 0.15) is 20.7 Å². The minimum Gasteiger partial charge on any atom is -0.481 e. The first kappa shape index (κ1) is 25.6. The smallest absolute Gasteiger partial charge is 0.352 e. The van der Waals surface area contributed by atoms with Crippen molar-refractivity contribution < 1.29 is 39.4 Å². The lowest BCUT2D eigenvalue weighted by Gasteiger charge is -2.31. The summed E-state index contributed by atoms with van der Waals surface area (Å²) in [6.07, 6.45) is 1.55. The lowest BCUT2D eigenvalue weighted by molar-refractivity contribution is -0.420. The molecule has 0 bridgehead atoms. The third-order valence-corrected chi connectivity index (χ3v) is 5.15. The van der Waals surface area contributed by atoms with Gasteiger partial charge in [0.15, 0.2) is 5.50 Å². The van der Waals surface area contributed by atoms with Gasteiger partial charge in [-0.25, -0.2) is 20.6 Å². The highest BCUT2D eigenvalue weighted by atomic mass is 32.2. The van der Waals surface area contributed by atoms with Crippen molar-refractivity contribution in [3.8, 4) is 5.75 Å². The Balaban J connectivity index is 2.72. The average molecular weight is 483 g/mol. The zero-order valence-corrected chi connectivity index (χ0v) is 18.5. The zero-order chi connectivity index (χ0) is 25.0. The maximum Gasteiger partial charge on any atom is 0.352 e. The Kier molecular flexibility index (Phi) is 7.97. The molecule has 2 unspecified atom stereocenters. The van der Waals surface area contributed by atoms with E-state index in [2.05, 4.69) is 4.99 Å². The molecule has 0 spiro atoms. The van der Waals surface area contributed by atoms with Crippen LogP contribution in [0.2, 0.25) is 0 Å². The van der Waals surface area contributed by atoms with Crippen LogP contribution in [0, 0.1) is 16.0 Å². The van der Waals surface area contributed by atoms with Gasteiger partial charge in [0, 0.05) is 19.7 Å². The summed E-state index contributed by atoms with van der Waals surface area (Å²) in [4.78, 5) is 51.5. The molecule has 15 heteroatoms. The van der Waals surface area contributed by atoms with E-state index in [4.69, 9.17) is 10.6 Å². The summed E-state index contributed by atoms with van der Waals surface area (Å²) in [5.74, 6) is -0.228. The Morgan fingerprint density at radius 1 is 1.30 bits per heavy atom. The fraction of sp³-hybridized carbons (Fsp3) is 0.333. The second-order valence-electron chi connectivity index (χ2n) is 6.82. The van der Waals surface area contributed by atoms with E-state index in [1.807, 2.05) is 0 Å². The summed E-state index contributed by atoms with van der Waals surface area (Å²) in [5.41, 5.74) is -2.98. The summed E-state index contributed by atoms with van der Waals surface area (Å²) in [5, 5.41) is 40.9. The molecule has 0 aliphatic carbocycles. The van der Waals surface area contributed by atoms with E-state index in [1.165, 1.54) is 19.0 Å². The number of ether oxygens (including phenoxy) is 1. The van der Waals surface area contributed by atoms with Gasteiger partial charge >= 0.3 is 17.6 Å². The number of nitro groups is 1. The number of aliphatic imine (C=N–C) groups is 1. The first-order chi connectivity index (χ1) is 15.4. The Morgan fingerprint density at radius 3 is 2.36 bits per heavy atom. The normalized spacial score (nSPS) is 16.7. The Bertz CT molecular complexity index is 1060. The number of aliphatic hydroxyl groups excluding tert-OH is 1. The van der Waals surface area contributed by atoms with E-state index < -0.39 is 58.1 Å². The highest BCUT2D eigenvalue weighted by Gasteiger charge is 2.43. The number of rotatable bonds is 9. The number of aliphatic hydroxyl groups is 1. The molecule has 1 aromatic carbocycles. The Morgan fingerprint density at radius 2 is 1.91 bits per heavy atom. The number of thioether (sulfide) groups is 1. The fourth-order valence-corrected chi connectivity index (χ4v) is 3.37. The number of amides is 1. The summed E-state index contributed by atoms with van der Waals surface area (Å²) < 4.78 is 5.58. The van der Waals surface area contributed by atoms with E-state index in [0.717, 1.165) is 35.0 Å². The number of carboxylic acids is 2. The van der Waals surface area contributed by atoms with Gasteiger partial charge in [0.05, 0.1) is 17.1 Å². The molecule has 178 valence electrons. The molecule has 0 fully saturated rings. The van der Waals surface area contributed by atoms with Crippen molar-refractivity contribution >= 4 is 35.3 Å². The summed E-state index contributed by atoms with van der Waals surface area (Å²) in [6.45, 7) is -0.986. The molecule has 0 saturated carbocycles. The number of carbonyl (C=O) groups excluding carboxylic acids is 1. The zero-order valence-electron chi connectivity index (χ0n) is 17.7. The molecule has 1 heterocycles. The predicted molar refractivity (Wildman–Crippen MR) is 115 cm³/mol. The van der Waals surface area contributed by atoms with Crippen molar-refractivity contribution in [1.82, 2.24) is 9.91 Å². The van der Waals surface area contributed by atoms with Crippen LogP contribution in [0.5, 0.6) is 5.75 Å². The number of aromatic carboxylic acids is 1. The number of hydrogen-bond donors (Lipinski definition) is 4. The number of hydrogen-bond acceptors (Lipinski definition) is 11. The molecule has 33 heavy (non-hydrogen) atoms. The van der Waals surface area contributed by atoms with Gasteiger partial charge in [-0.15, -0.1) is 11.8 Å². The van der Waals surface area contributed by atoms with Crippen molar-refractivity contribution in [2.75, 3.05) is 27.0 Å². The molecule has 0 aromatic heterocycles. The van der Waals surface area contributed by atoms with E-state index in [0.29, 0.717) is 0 Å². The topological polar surface area (TPSA) is 209 Å². The number of nitrogens with two attached hydrogens (primary N) is 1. The van der Waals surface area contributed by atoms with Gasteiger partial charge in [0.25, 0.3) is 11.8 Å². The van der Waals surface area contributed by atoms with E-state index in [1.54, 1.807) is 6.26 Å². The van der Waals surface area contributed by atoms with Crippen molar-refractivity contribution in [3.05, 3.63) is 51.0 Å². The quantitative estimate of drug-likeness (QED) is 0.206. The van der Waals surface area contributed by atoms with E-state index in [9.17, 15) is 39.8 Å². The minimum absolute atomic E-state index is 0.0772. The second kappa shape index (κ2) is 10.3. The number of aliphatic carboxylic acids is 1. The number of allylic oxidation sites excluding steroid dienone is 1. The molecular formula is C18H21N5O9S. The third kappa shape index (κ3) is 5.39. The summed E-state index contributed by atoms with van der Waals surface area (Å²) >= 11 is 0.992. The molecule has 1 aromatic rings. The highest BCUT2D eigenvalue weighted by Crippen LogP contribution is 2.31. The highest BCUT2D eigenvalue weighted by molar-refractivity contribution is 7.99. The second-order valence-corrected chi connectivity index (χ2v) is 7.71. The molecule has 5 N–H and O–H groups in total. The number of benzene rings is 1. The van der Waals surface area contributed by atoms with E-state index in [-0.39, 0.29) is 16.9 Å². The number of carboxylic acid groups (broad SMARTS) is 2. The van der Waals surface area contributed by atoms with Gasteiger partial charge in [-0.3, -0.25) is 19.7 Å². The monoisotopic (exact) mass is 483 g/mol. The maximum absolute atomic E-state index is 12.4. The van der Waals surface area contributed by atoms with Crippen molar-refractivity contribution in [1.29, 1.82) is 0 Å². The molecule has 1 aliphatic rings. The molecule has 2 rings (SSSR count). The molecule has 1 aliphatic heterocycles. The van der Waals surface area contributed by atoms with Crippen LogP contribution in [-0.4, -0.2) is 86.2 Å². The molecule has 2 atom stereocenters. The van der Waals surface area contributed by atoms with Crippen molar-refractivity contribution in [3.63, 3.8) is 0 Å². The van der Waals surface area contributed by atoms with Gasteiger partial charge < -0.3 is 25.0 Å². The molecular weight excluding hydrogens is 462 g/mol. The molecule has 14 nitrogen and oxygen atoms in total. The third-order valence-electron chi connectivity index (χ3n) is 4.39. The van der Waals surface area contributed by atoms with Crippen LogP contribution >= 0.6 is 11.8 Å². The van der Waals surface area contributed by atoms with Gasteiger partial charge in [-0.05, 0) is 24.5 Å². The van der Waals surface area contributed by atoms with Crippen LogP contribution in [0.15, 0.2) is 34.8 Å². The largest absolute Gasteiger partial charge is 0.481 e. The average Bonchev–Trinajstić information content (AvgIpc) is 2.74.